The molecule has 1 N–H and O–H groups in total. The SMILES string of the molecule is CCC(C)C(O)c1ccc(C(C)C)cn1. The fourth-order valence-corrected chi connectivity index (χ4v) is 1.45. The van der Waals surface area contributed by atoms with Crippen LogP contribution in [0, 0.1) is 5.92 Å². The van der Waals surface area contributed by atoms with Crippen LogP contribution >= 0.6 is 0 Å². The van der Waals surface area contributed by atoms with Crippen LogP contribution in [0.5, 0.6) is 0 Å². The molecular formula is C13H21NO. The molecule has 1 rings (SSSR count). The van der Waals surface area contributed by atoms with Crippen LogP contribution in [0.1, 0.15) is 57.4 Å². The third kappa shape index (κ3) is 3.03. The van der Waals surface area contributed by atoms with Crippen molar-refractivity contribution < 1.29 is 5.11 Å². The molecule has 0 amide bonds. The van der Waals surface area contributed by atoms with Gasteiger partial charge < -0.3 is 5.11 Å². The summed E-state index contributed by atoms with van der Waals surface area (Å²) in [7, 11) is 0. The van der Waals surface area contributed by atoms with E-state index in [0.29, 0.717) is 5.92 Å². The Kier molecular flexibility index (Phi) is 4.28. The lowest BCUT2D eigenvalue weighted by molar-refractivity contribution is 0.111. The molecule has 0 aliphatic carbocycles. The summed E-state index contributed by atoms with van der Waals surface area (Å²) < 4.78 is 0. The first-order chi connectivity index (χ1) is 7.06. The van der Waals surface area contributed by atoms with E-state index >= 15 is 0 Å². The number of pyridine rings is 1. The van der Waals surface area contributed by atoms with Crippen LogP contribution in [-0.2, 0) is 0 Å². The number of rotatable bonds is 4. The van der Waals surface area contributed by atoms with E-state index in [1.54, 1.807) is 0 Å². The van der Waals surface area contributed by atoms with Crippen molar-refractivity contribution in [1.82, 2.24) is 4.98 Å². The maximum absolute atomic E-state index is 9.96. The Hall–Kier alpha value is -0.890. The first-order valence-electron chi connectivity index (χ1n) is 5.70. The summed E-state index contributed by atoms with van der Waals surface area (Å²) in [4.78, 5) is 4.32. The number of hydrogen-bond donors (Lipinski definition) is 1. The van der Waals surface area contributed by atoms with Crippen molar-refractivity contribution >= 4 is 0 Å². The summed E-state index contributed by atoms with van der Waals surface area (Å²) in [5.41, 5.74) is 2.00. The molecule has 2 atom stereocenters. The predicted octanol–water partition coefficient (Wildman–Crippen LogP) is 3.28. The maximum Gasteiger partial charge on any atom is 0.0985 e. The number of aliphatic hydroxyl groups excluding tert-OH is 1. The summed E-state index contributed by atoms with van der Waals surface area (Å²) in [5.74, 6) is 0.759. The molecule has 2 heteroatoms. The van der Waals surface area contributed by atoms with Crippen molar-refractivity contribution in [1.29, 1.82) is 0 Å². The van der Waals surface area contributed by atoms with Crippen molar-refractivity contribution in [3.63, 3.8) is 0 Å². The monoisotopic (exact) mass is 207 g/mol. The average Bonchev–Trinajstić information content (AvgIpc) is 2.27. The van der Waals surface area contributed by atoms with Gasteiger partial charge in [-0.25, -0.2) is 0 Å². The topological polar surface area (TPSA) is 33.1 Å². The smallest absolute Gasteiger partial charge is 0.0985 e. The highest BCUT2D eigenvalue weighted by molar-refractivity contribution is 5.18. The molecule has 1 heterocycles. The zero-order valence-electron chi connectivity index (χ0n) is 10.1. The van der Waals surface area contributed by atoms with Gasteiger partial charge in [-0.1, -0.05) is 40.2 Å². The molecule has 1 aromatic heterocycles. The normalized spacial score (nSPS) is 15.3. The Balaban J connectivity index is 2.79. The van der Waals surface area contributed by atoms with Gasteiger partial charge >= 0.3 is 0 Å². The van der Waals surface area contributed by atoms with Crippen molar-refractivity contribution in [2.24, 2.45) is 5.92 Å². The molecule has 0 aromatic carbocycles. The van der Waals surface area contributed by atoms with Gasteiger partial charge in [0.25, 0.3) is 0 Å². The number of aromatic nitrogens is 1. The Morgan fingerprint density at radius 2 is 1.93 bits per heavy atom. The maximum atomic E-state index is 9.96. The summed E-state index contributed by atoms with van der Waals surface area (Å²) >= 11 is 0. The first-order valence-corrected chi connectivity index (χ1v) is 5.70. The number of nitrogens with zero attached hydrogens (tertiary/aromatic N) is 1. The highest BCUT2D eigenvalue weighted by atomic mass is 16.3. The van der Waals surface area contributed by atoms with E-state index in [-0.39, 0.29) is 5.92 Å². The predicted molar refractivity (Wildman–Crippen MR) is 62.7 cm³/mol. The van der Waals surface area contributed by atoms with Crippen LogP contribution in [0.4, 0.5) is 0 Å². The fourth-order valence-electron chi connectivity index (χ4n) is 1.45. The molecule has 15 heavy (non-hydrogen) atoms. The number of aliphatic hydroxyl groups is 1. The van der Waals surface area contributed by atoms with Gasteiger partial charge in [-0.15, -0.1) is 0 Å². The van der Waals surface area contributed by atoms with Crippen LogP contribution in [0.2, 0.25) is 0 Å². The second kappa shape index (κ2) is 5.26. The average molecular weight is 207 g/mol. The van der Waals surface area contributed by atoms with Crippen molar-refractivity contribution in [3.05, 3.63) is 29.6 Å². The minimum absolute atomic E-state index is 0.266. The molecule has 0 radical (unpaired) electrons. The Morgan fingerprint density at radius 1 is 1.27 bits per heavy atom. The molecule has 0 spiro atoms. The lowest BCUT2D eigenvalue weighted by Crippen LogP contribution is -2.10. The van der Waals surface area contributed by atoms with Crippen molar-refractivity contribution in [2.75, 3.05) is 0 Å². The van der Waals surface area contributed by atoms with E-state index in [1.165, 1.54) is 5.56 Å². The zero-order chi connectivity index (χ0) is 11.4. The minimum Gasteiger partial charge on any atom is -0.387 e. The van der Waals surface area contributed by atoms with Crippen molar-refractivity contribution in [2.45, 2.75) is 46.1 Å². The largest absolute Gasteiger partial charge is 0.387 e. The van der Waals surface area contributed by atoms with E-state index in [1.807, 2.05) is 19.2 Å². The summed E-state index contributed by atoms with van der Waals surface area (Å²) in [6.45, 7) is 8.41. The molecule has 0 fully saturated rings. The van der Waals surface area contributed by atoms with Gasteiger partial charge in [-0.05, 0) is 23.5 Å². The molecule has 0 aliphatic rings. The second-order valence-electron chi connectivity index (χ2n) is 4.50. The van der Waals surface area contributed by atoms with Crippen LogP contribution in [0.25, 0.3) is 0 Å². The summed E-state index contributed by atoms with van der Waals surface area (Å²) in [5, 5.41) is 9.96. The summed E-state index contributed by atoms with van der Waals surface area (Å²) in [6.07, 6.45) is 2.40. The first kappa shape index (κ1) is 12.2. The molecule has 0 saturated carbocycles. The standard InChI is InChI=1S/C13H21NO/c1-5-10(4)13(15)12-7-6-11(8-14-12)9(2)3/h6-10,13,15H,5H2,1-4H3. The van der Waals surface area contributed by atoms with E-state index in [2.05, 4.69) is 31.8 Å². The van der Waals surface area contributed by atoms with Gasteiger partial charge in [0.05, 0.1) is 11.8 Å². The van der Waals surface area contributed by atoms with E-state index in [0.717, 1.165) is 12.1 Å². The molecule has 2 nitrogen and oxygen atoms in total. The highest BCUT2D eigenvalue weighted by Gasteiger charge is 2.15. The van der Waals surface area contributed by atoms with E-state index in [4.69, 9.17) is 0 Å². The Bertz CT molecular complexity index is 292. The van der Waals surface area contributed by atoms with Gasteiger partial charge in [0, 0.05) is 6.20 Å². The molecule has 1 aromatic rings. The van der Waals surface area contributed by atoms with Crippen LogP contribution in [0.15, 0.2) is 18.3 Å². The van der Waals surface area contributed by atoms with Crippen LogP contribution in [0.3, 0.4) is 0 Å². The van der Waals surface area contributed by atoms with Crippen LogP contribution < -0.4 is 0 Å². The molecule has 84 valence electrons. The second-order valence-corrected chi connectivity index (χ2v) is 4.50. The van der Waals surface area contributed by atoms with Gasteiger partial charge in [0.1, 0.15) is 0 Å². The lowest BCUT2D eigenvalue weighted by atomic mass is 9.97. The highest BCUT2D eigenvalue weighted by Crippen LogP contribution is 2.23. The van der Waals surface area contributed by atoms with Gasteiger partial charge in [-0.3, -0.25) is 4.98 Å². The summed E-state index contributed by atoms with van der Waals surface area (Å²) in [6, 6.07) is 3.99. The van der Waals surface area contributed by atoms with E-state index < -0.39 is 6.10 Å². The zero-order valence-corrected chi connectivity index (χ0v) is 10.1. The molecule has 0 aliphatic heterocycles. The fraction of sp³-hybridized carbons (Fsp3) is 0.615. The van der Waals surface area contributed by atoms with Gasteiger partial charge in [0.15, 0.2) is 0 Å². The van der Waals surface area contributed by atoms with Gasteiger partial charge in [0.2, 0.25) is 0 Å². The molecule has 0 saturated heterocycles. The Labute approximate surface area is 92.4 Å². The van der Waals surface area contributed by atoms with Crippen LogP contribution in [-0.4, -0.2) is 10.1 Å². The lowest BCUT2D eigenvalue weighted by Gasteiger charge is -2.17. The minimum atomic E-state index is -0.434. The third-order valence-corrected chi connectivity index (χ3v) is 2.96. The quantitative estimate of drug-likeness (QED) is 0.822. The number of hydrogen-bond acceptors (Lipinski definition) is 2. The molecule has 0 bridgehead atoms. The Morgan fingerprint density at radius 3 is 2.33 bits per heavy atom. The third-order valence-electron chi connectivity index (χ3n) is 2.96. The molecule has 2 unspecified atom stereocenters. The van der Waals surface area contributed by atoms with E-state index in [9.17, 15) is 5.11 Å². The van der Waals surface area contributed by atoms with Crippen molar-refractivity contribution in [3.8, 4) is 0 Å². The molecular weight excluding hydrogens is 186 g/mol. The van der Waals surface area contributed by atoms with Gasteiger partial charge in [-0.2, -0.15) is 0 Å².